The van der Waals surface area contributed by atoms with E-state index in [-0.39, 0.29) is 0 Å². The van der Waals surface area contributed by atoms with Crippen molar-refractivity contribution in [2.24, 2.45) is 0 Å². The van der Waals surface area contributed by atoms with E-state index in [0.717, 1.165) is 11.0 Å². The molecule has 6 heteroatoms. The van der Waals surface area contributed by atoms with Crippen molar-refractivity contribution in [1.82, 2.24) is 15.1 Å². The maximum absolute atomic E-state index is 5.77. The predicted octanol–water partition coefficient (Wildman–Crippen LogP) is 4.29. The molecular formula is C17H9N3O3. The molecule has 0 aliphatic carbocycles. The highest BCUT2D eigenvalue weighted by Crippen LogP contribution is 2.33. The summed E-state index contributed by atoms with van der Waals surface area (Å²) in [6.45, 7) is 0. The fraction of sp³-hybridized carbons (Fsp3) is 0. The summed E-state index contributed by atoms with van der Waals surface area (Å²) in [4.78, 5) is 8.90. The van der Waals surface area contributed by atoms with Gasteiger partial charge in [-0.2, -0.15) is 0 Å². The number of hydrogen-bond donors (Lipinski definition) is 0. The van der Waals surface area contributed by atoms with Gasteiger partial charge in [-0.25, -0.2) is 9.97 Å². The summed E-state index contributed by atoms with van der Waals surface area (Å²) in [6, 6.07) is 15.1. The SMILES string of the molecule is c1ccc2oc(-c3conc3-c3nc4ccccc4o3)nc2c1. The van der Waals surface area contributed by atoms with E-state index >= 15 is 0 Å². The number of para-hydroxylation sites is 4. The van der Waals surface area contributed by atoms with Crippen molar-refractivity contribution in [3.8, 4) is 23.0 Å². The van der Waals surface area contributed by atoms with E-state index in [2.05, 4.69) is 15.1 Å². The second kappa shape index (κ2) is 4.54. The Morgan fingerprint density at radius 1 is 0.696 bits per heavy atom. The molecule has 2 aromatic carbocycles. The molecule has 5 aromatic rings. The van der Waals surface area contributed by atoms with Crippen LogP contribution in [0.25, 0.3) is 45.2 Å². The fourth-order valence-electron chi connectivity index (χ4n) is 2.50. The van der Waals surface area contributed by atoms with Gasteiger partial charge in [-0.1, -0.05) is 29.4 Å². The van der Waals surface area contributed by atoms with Crippen LogP contribution in [0.3, 0.4) is 0 Å². The van der Waals surface area contributed by atoms with Crippen molar-refractivity contribution in [3.05, 3.63) is 54.8 Å². The molecule has 3 aromatic heterocycles. The van der Waals surface area contributed by atoms with Gasteiger partial charge in [0.15, 0.2) is 16.9 Å². The average Bonchev–Trinajstić information content (AvgIpc) is 3.30. The summed E-state index contributed by atoms with van der Waals surface area (Å²) in [6.07, 6.45) is 1.48. The number of rotatable bonds is 2. The molecule has 0 saturated carbocycles. The van der Waals surface area contributed by atoms with Gasteiger partial charge in [0.1, 0.15) is 22.9 Å². The third kappa shape index (κ3) is 1.85. The van der Waals surface area contributed by atoms with Crippen LogP contribution in [0.1, 0.15) is 0 Å². The first kappa shape index (κ1) is 12.2. The lowest BCUT2D eigenvalue weighted by Crippen LogP contribution is -1.82. The average molecular weight is 303 g/mol. The molecule has 5 rings (SSSR count). The Morgan fingerprint density at radius 2 is 1.30 bits per heavy atom. The molecule has 0 N–H and O–H groups in total. The topological polar surface area (TPSA) is 78.1 Å². The minimum atomic E-state index is 0.372. The van der Waals surface area contributed by atoms with E-state index in [1.54, 1.807) is 0 Å². The minimum absolute atomic E-state index is 0.372. The highest BCUT2D eigenvalue weighted by molar-refractivity contribution is 5.81. The molecule has 3 heterocycles. The number of oxazole rings is 2. The monoisotopic (exact) mass is 303 g/mol. The lowest BCUT2D eigenvalue weighted by Gasteiger charge is -1.91. The predicted molar refractivity (Wildman–Crippen MR) is 82.5 cm³/mol. The van der Waals surface area contributed by atoms with Crippen molar-refractivity contribution < 1.29 is 13.4 Å². The first-order chi connectivity index (χ1) is 11.4. The molecule has 6 nitrogen and oxygen atoms in total. The van der Waals surface area contributed by atoms with Gasteiger partial charge in [0.2, 0.25) is 5.89 Å². The summed E-state index contributed by atoms with van der Waals surface area (Å²) in [5.41, 5.74) is 3.99. The van der Waals surface area contributed by atoms with Crippen molar-refractivity contribution >= 4 is 22.2 Å². The Morgan fingerprint density at radius 3 is 2.00 bits per heavy atom. The zero-order valence-corrected chi connectivity index (χ0v) is 11.8. The van der Waals surface area contributed by atoms with Crippen LogP contribution in [-0.4, -0.2) is 15.1 Å². The van der Waals surface area contributed by atoms with Gasteiger partial charge in [0.25, 0.3) is 5.89 Å². The largest absolute Gasteiger partial charge is 0.436 e. The molecular weight excluding hydrogens is 294 g/mol. The number of nitrogens with zero attached hydrogens (tertiary/aromatic N) is 3. The third-order valence-electron chi connectivity index (χ3n) is 3.59. The Kier molecular flexibility index (Phi) is 2.40. The molecule has 0 atom stereocenters. The first-order valence-electron chi connectivity index (χ1n) is 7.05. The maximum atomic E-state index is 5.77. The highest BCUT2D eigenvalue weighted by atomic mass is 16.5. The molecule has 110 valence electrons. The Labute approximate surface area is 129 Å². The lowest BCUT2D eigenvalue weighted by atomic mass is 10.2. The number of fused-ring (bicyclic) bond motifs is 2. The Balaban J connectivity index is 1.69. The van der Waals surface area contributed by atoms with Gasteiger partial charge in [-0.15, -0.1) is 0 Å². The van der Waals surface area contributed by atoms with Crippen LogP contribution in [0, 0.1) is 0 Å². The van der Waals surface area contributed by atoms with Gasteiger partial charge >= 0.3 is 0 Å². The van der Waals surface area contributed by atoms with E-state index in [0.29, 0.717) is 34.2 Å². The van der Waals surface area contributed by atoms with Crippen molar-refractivity contribution in [1.29, 1.82) is 0 Å². The van der Waals surface area contributed by atoms with Crippen molar-refractivity contribution in [3.63, 3.8) is 0 Å². The van der Waals surface area contributed by atoms with Crippen molar-refractivity contribution in [2.45, 2.75) is 0 Å². The molecule has 0 bridgehead atoms. The molecule has 0 saturated heterocycles. The van der Waals surface area contributed by atoms with Crippen LogP contribution in [0.15, 0.2) is 68.2 Å². The number of aromatic nitrogens is 3. The first-order valence-corrected chi connectivity index (χ1v) is 7.05. The highest BCUT2D eigenvalue weighted by Gasteiger charge is 2.21. The zero-order valence-electron chi connectivity index (χ0n) is 11.8. The summed E-state index contributed by atoms with van der Waals surface area (Å²) in [5, 5.41) is 4.00. The Hall–Kier alpha value is -3.41. The maximum Gasteiger partial charge on any atom is 0.250 e. The van der Waals surface area contributed by atoms with Crippen molar-refractivity contribution in [2.75, 3.05) is 0 Å². The van der Waals surface area contributed by atoms with Crippen LogP contribution >= 0.6 is 0 Å². The number of benzene rings is 2. The summed E-state index contributed by atoms with van der Waals surface area (Å²) >= 11 is 0. The summed E-state index contributed by atoms with van der Waals surface area (Å²) in [7, 11) is 0. The second-order valence-corrected chi connectivity index (χ2v) is 5.05. The molecule has 0 amide bonds. The lowest BCUT2D eigenvalue weighted by molar-refractivity contribution is 0.419. The van der Waals surface area contributed by atoms with E-state index in [4.69, 9.17) is 13.4 Å². The molecule has 0 aliphatic heterocycles. The summed E-state index contributed by atoms with van der Waals surface area (Å²) < 4.78 is 16.6. The van der Waals surface area contributed by atoms with E-state index in [1.165, 1.54) is 6.26 Å². The van der Waals surface area contributed by atoms with Crippen LogP contribution in [-0.2, 0) is 0 Å². The molecule has 0 radical (unpaired) electrons. The molecule has 0 aliphatic rings. The zero-order chi connectivity index (χ0) is 15.2. The standard InChI is InChI=1S/C17H9N3O3/c1-3-7-13-11(5-1)18-16(22-13)10-9-21-20-15(10)17-19-12-6-2-4-8-14(12)23-17/h1-9H. The van der Waals surface area contributed by atoms with Crippen LogP contribution in [0.5, 0.6) is 0 Å². The number of hydrogen-bond acceptors (Lipinski definition) is 6. The molecule has 0 fully saturated rings. The molecule has 23 heavy (non-hydrogen) atoms. The quantitative estimate of drug-likeness (QED) is 0.484. The van der Waals surface area contributed by atoms with Crippen LogP contribution < -0.4 is 0 Å². The van der Waals surface area contributed by atoms with Gasteiger partial charge < -0.3 is 13.4 Å². The normalized spacial score (nSPS) is 11.5. The smallest absolute Gasteiger partial charge is 0.250 e. The van der Waals surface area contributed by atoms with Gasteiger partial charge in [-0.05, 0) is 24.3 Å². The second-order valence-electron chi connectivity index (χ2n) is 5.05. The van der Waals surface area contributed by atoms with E-state index < -0.39 is 0 Å². The molecule has 0 unspecified atom stereocenters. The van der Waals surface area contributed by atoms with Gasteiger partial charge in [0.05, 0.1) is 0 Å². The van der Waals surface area contributed by atoms with Crippen LogP contribution in [0.2, 0.25) is 0 Å². The van der Waals surface area contributed by atoms with E-state index in [9.17, 15) is 0 Å². The molecule has 0 spiro atoms. The van der Waals surface area contributed by atoms with Gasteiger partial charge in [0, 0.05) is 0 Å². The van der Waals surface area contributed by atoms with E-state index in [1.807, 2.05) is 48.5 Å². The van der Waals surface area contributed by atoms with Crippen LogP contribution in [0.4, 0.5) is 0 Å². The summed E-state index contributed by atoms with van der Waals surface area (Å²) in [5.74, 6) is 0.793. The fourth-order valence-corrected chi connectivity index (χ4v) is 2.50. The minimum Gasteiger partial charge on any atom is -0.436 e. The van der Waals surface area contributed by atoms with Gasteiger partial charge in [-0.3, -0.25) is 0 Å². The Bertz CT molecular complexity index is 982. The third-order valence-corrected chi connectivity index (χ3v) is 3.59.